The van der Waals surface area contributed by atoms with Gasteiger partial charge in [-0.3, -0.25) is 0 Å². The zero-order valence-corrected chi connectivity index (χ0v) is 44.8. The van der Waals surface area contributed by atoms with Crippen LogP contribution < -0.4 is 0 Å². The number of thiazole rings is 1. The Morgan fingerprint density at radius 3 is 0.889 bits per heavy atom. The second kappa shape index (κ2) is 18.2. The molecule has 2 aliphatic carbocycles. The van der Waals surface area contributed by atoms with E-state index in [1.807, 2.05) is 5.51 Å². The maximum Gasteiger partial charge on any atom is 0.0896 e. The van der Waals surface area contributed by atoms with Gasteiger partial charge < -0.3 is 0 Å². The number of rotatable bonds is 8. The Morgan fingerprint density at radius 1 is 0.198 bits per heavy atom. The lowest BCUT2D eigenvalue weighted by Crippen LogP contribution is -1.99. The summed E-state index contributed by atoms with van der Waals surface area (Å²) in [7, 11) is 0. The molecule has 0 fully saturated rings. The predicted octanol–water partition coefficient (Wildman–Crippen LogP) is 22.4. The molecule has 2 heteroatoms. The molecule has 0 bridgehead atoms. The number of aromatic nitrogens is 1. The molecule has 0 amide bonds. The fourth-order valence-corrected chi connectivity index (χ4v) is 15.0. The van der Waals surface area contributed by atoms with E-state index in [9.17, 15) is 0 Å². The van der Waals surface area contributed by atoms with Gasteiger partial charge in [-0.2, -0.15) is 0 Å². The van der Waals surface area contributed by atoms with E-state index < -0.39 is 0 Å². The molecule has 0 atom stereocenters. The molecular weight excluding hydrogens is 995 g/mol. The summed E-state index contributed by atoms with van der Waals surface area (Å²) in [5.41, 5.74) is 32.9. The summed E-state index contributed by atoms with van der Waals surface area (Å²) < 4.78 is 1.19. The summed E-state index contributed by atoms with van der Waals surface area (Å²) in [4.78, 5) is 5.29. The van der Waals surface area contributed by atoms with Crippen molar-refractivity contribution in [3.8, 4) is 134 Å². The van der Waals surface area contributed by atoms with Crippen LogP contribution in [0.4, 0.5) is 0 Å². The summed E-state index contributed by atoms with van der Waals surface area (Å²) in [6, 6.07) is 104. The summed E-state index contributed by atoms with van der Waals surface area (Å²) in [6.07, 6.45) is 0. The summed E-state index contributed by atoms with van der Waals surface area (Å²) in [5, 5.41) is 7.59. The Bertz CT molecular complexity index is 4840. The molecule has 0 N–H and O–H groups in total. The number of benzene rings is 14. The van der Waals surface area contributed by atoms with Gasteiger partial charge >= 0.3 is 0 Å². The van der Waals surface area contributed by atoms with Crippen LogP contribution in [0.2, 0.25) is 0 Å². The first-order chi connectivity index (χ1) is 40.3. The average molecular weight is 1040 g/mol. The molecule has 0 spiro atoms. The minimum absolute atomic E-state index is 1.02. The summed E-state index contributed by atoms with van der Waals surface area (Å²) in [5.74, 6) is 0. The van der Waals surface area contributed by atoms with Crippen LogP contribution in [0.3, 0.4) is 0 Å². The maximum absolute atomic E-state index is 5.29. The second-order valence-corrected chi connectivity index (χ2v) is 22.3. The zero-order valence-electron chi connectivity index (χ0n) is 44.0. The van der Waals surface area contributed by atoms with E-state index in [2.05, 4.69) is 279 Å². The van der Waals surface area contributed by atoms with Gasteiger partial charge in [-0.05, 0) is 155 Å². The molecule has 0 saturated carbocycles. The van der Waals surface area contributed by atoms with Crippen molar-refractivity contribution in [2.45, 2.75) is 0 Å². The Balaban J connectivity index is 0.890. The van der Waals surface area contributed by atoms with Gasteiger partial charge in [-0.15, -0.1) is 11.3 Å². The highest BCUT2D eigenvalue weighted by Crippen LogP contribution is 2.63. The quantitative estimate of drug-likeness (QED) is 0.148. The van der Waals surface area contributed by atoms with Gasteiger partial charge in [0.05, 0.1) is 15.7 Å². The van der Waals surface area contributed by atoms with E-state index in [4.69, 9.17) is 4.98 Å². The highest BCUT2D eigenvalue weighted by atomic mass is 32.1. The highest BCUT2D eigenvalue weighted by molar-refractivity contribution is 7.17. The molecule has 1 nitrogen and oxygen atoms in total. The Labute approximate surface area is 474 Å². The first-order valence-corrected chi connectivity index (χ1v) is 28.8. The minimum atomic E-state index is 1.02. The van der Waals surface area contributed by atoms with Gasteiger partial charge in [0.1, 0.15) is 0 Å². The van der Waals surface area contributed by atoms with E-state index >= 15 is 0 Å². The molecule has 2 aliphatic rings. The van der Waals surface area contributed by atoms with Crippen LogP contribution in [-0.4, -0.2) is 4.98 Å². The van der Waals surface area contributed by atoms with Crippen molar-refractivity contribution in [2.75, 3.05) is 0 Å². The predicted molar refractivity (Wildman–Crippen MR) is 344 cm³/mol. The largest absolute Gasteiger partial charge is 0.244 e. The lowest BCUT2D eigenvalue weighted by molar-refractivity contribution is 1.50. The molecule has 15 aromatic rings. The van der Waals surface area contributed by atoms with Crippen LogP contribution in [0.1, 0.15) is 0 Å². The normalized spacial score (nSPS) is 12.0. The third-order valence-corrected chi connectivity index (χ3v) is 18.2. The Kier molecular flexibility index (Phi) is 10.3. The minimum Gasteiger partial charge on any atom is -0.244 e. The Hall–Kier alpha value is -10.3. The van der Waals surface area contributed by atoms with Crippen molar-refractivity contribution >= 4 is 53.9 Å². The molecule has 14 aromatic carbocycles. The summed E-state index contributed by atoms with van der Waals surface area (Å²) in [6.45, 7) is 0. The highest BCUT2D eigenvalue weighted by Gasteiger charge is 2.36. The fourth-order valence-electron chi connectivity index (χ4n) is 14.1. The molecule has 0 aliphatic heterocycles. The molecule has 1 aromatic heterocycles. The lowest BCUT2D eigenvalue weighted by atomic mass is 9.76. The van der Waals surface area contributed by atoms with E-state index in [-0.39, 0.29) is 0 Å². The number of hydrogen-bond donors (Lipinski definition) is 0. The van der Waals surface area contributed by atoms with Crippen molar-refractivity contribution in [1.82, 2.24) is 4.98 Å². The van der Waals surface area contributed by atoms with E-state index in [1.54, 1.807) is 11.3 Å². The molecule has 0 radical (unpaired) electrons. The monoisotopic (exact) mass is 1040 g/mol. The standard InChI is InChI=1S/C79H47NS/c1-7-23-48(24-8-1)66-58-35-19-20-36-59(58)67(49-25-9-2-10-26-49)75-64-46-42-55(57-38-22-39-62(73(57)64)74(66)75)61-44-43-60(78-79(61)81-47-80-78)54-41-45-65-72-56(54)37-21-40-63(72)76-70(52-31-15-5-16-32-52)68(50-27-11-3-12-28-50)69(51-29-13-4-14-30-51)71(77(65)76)53-33-17-6-18-34-53/h1-47H. The average Bonchev–Trinajstić information content (AvgIpc) is 3.55. The van der Waals surface area contributed by atoms with Crippen molar-refractivity contribution < 1.29 is 0 Å². The number of hydrogen-bond acceptors (Lipinski definition) is 2. The number of nitrogens with zero attached hydrogens (tertiary/aromatic N) is 1. The lowest BCUT2D eigenvalue weighted by Gasteiger charge is -2.26. The van der Waals surface area contributed by atoms with Gasteiger partial charge in [0.2, 0.25) is 0 Å². The smallest absolute Gasteiger partial charge is 0.0896 e. The number of fused-ring (bicyclic) bond motifs is 8. The molecule has 81 heavy (non-hydrogen) atoms. The van der Waals surface area contributed by atoms with Crippen molar-refractivity contribution in [2.24, 2.45) is 0 Å². The first-order valence-electron chi connectivity index (χ1n) is 27.9. The van der Waals surface area contributed by atoms with Crippen molar-refractivity contribution in [1.29, 1.82) is 0 Å². The van der Waals surface area contributed by atoms with Gasteiger partial charge in [0, 0.05) is 11.1 Å². The van der Waals surface area contributed by atoms with Crippen LogP contribution >= 0.6 is 11.3 Å². The van der Waals surface area contributed by atoms with Crippen molar-refractivity contribution in [3.05, 3.63) is 285 Å². The molecule has 0 saturated heterocycles. The Morgan fingerprint density at radius 2 is 0.481 bits per heavy atom. The van der Waals surface area contributed by atoms with Crippen LogP contribution in [0.15, 0.2) is 285 Å². The van der Waals surface area contributed by atoms with Crippen molar-refractivity contribution in [3.63, 3.8) is 0 Å². The SMILES string of the molecule is c1ccc(-c2c(-c3ccccc3)c(-c3ccccc3)c3c(c2-c2ccccc2)-c2cccc4c(-c5ccc(-c6ccc7c8c(cccc68)-c6c-7c(-c7ccccc7)c7ccccc7c6-c6ccccc6)c6scnc56)ccc-3c24)cc1. The van der Waals surface area contributed by atoms with Crippen LogP contribution in [0.5, 0.6) is 0 Å². The van der Waals surface area contributed by atoms with E-state index in [1.165, 1.54) is 165 Å². The van der Waals surface area contributed by atoms with Gasteiger partial charge in [0.25, 0.3) is 0 Å². The first kappa shape index (κ1) is 45.7. The molecule has 0 unspecified atom stereocenters. The van der Waals surface area contributed by atoms with E-state index in [0.717, 1.165) is 11.1 Å². The zero-order chi connectivity index (χ0) is 53.1. The maximum atomic E-state index is 5.29. The molecule has 374 valence electrons. The third-order valence-electron chi connectivity index (χ3n) is 17.3. The van der Waals surface area contributed by atoms with E-state index in [0.29, 0.717) is 0 Å². The van der Waals surface area contributed by atoms with Crippen LogP contribution in [0.25, 0.3) is 176 Å². The fraction of sp³-hybridized carbons (Fsp3) is 0. The van der Waals surface area contributed by atoms with Gasteiger partial charge in [-0.25, -0.2) is 4.98 Å². The summed E-state index contributed by atoms with van der Waals surface area (Å²) >= 11 is 1.74. The van der Waals surface area contributed by atoms with Gasteiger partial charge in [-0.1, -0.05) is 279 Å². The molecule has 17 rings (SSSR count). The third kappa shape index (κ3) is 6.75. The molecule has 1 heterocycles. The van der Waals surface area contributed by atoms with Gasteiger partial charge in [0.15, 0.2) is 0 Å². The van der Waals surface area contributed by atoms with Crippen LogP contribution in [-0.2, 0) is 0 Å². The second-order valence-electron chi connectivity index (χ2n) is 21.5. The topological polar surface area (TPSA) is 12.9 Å². The van der Waals surface area contributed by atoms with Crippen LogP contribution in [0, 0.1) is 0 Å². The molecular formula is C79H47NS.